The molecule has 2 amide bonds. The summed E-state index contributed by atoms with van der Waals surface area (Å²) in [7, 11) is 0. The summed E-state index contributed by atoms with van der Waals surface area (Å²) in [5, 5.41) is 0. The van der Waals surface area contributed by atoms with Crippen LogP contribution in [0.2, 0.25) is 0 Å². The molecule has 138 valence electrons. The van der Waals surface area contributed by atoms with Crippen molar-refractivity contribution in [1.82, 2.24) is 4.98 Å². The van der Waals surface area contributed by atoms with Gasteiger partial charge in [-0.2, -0.15) is 0 Å². The van der Waals surface area contributed by atoms with Gasteiger partial charge in [0, 0.05) is 6.20 Å². The molecule has 26 heavy (non-hydrogen) atoms. The van der Waals surface area contributed by atoms with Gasteiger partial charge in [-0.05, 0) is 30.9 Å². The Morgan fingerprint density at radius 1 is 0.923 bits per heavy atom. The first-order chi connectivity index (χ1) is 12.4. The molecule has 1 aliphatic rings. The molecule has 4 N–H and O–H groups in total. The lowest BCUT2D eigenvalue weighted by Crippen LogP contribution is -2.28. The van der Waals surface area contributed by atoms with Crippen LogP contribution in [-0.2, 0) is 19.1 Å². The van der Waals surface area contributed by atoms with Crippen LogP contribution in [0.25, 0.3) is 5.57 Å². The maximum Gasteiger partial charge on any atom is 0.412 e. The number of esters is 2. The minimum Gasteiger partial charge on any atom is -0.373 e. The fourth-order valence-electron chi connectivity index (χ4n) is 3.02. The summed E-state index contributed by atoms with van der Waals surface area (Å²) in [4.78, 5) is 51.2. The second kappa shape index (κ2) is 8.75. The van der Waals surface area contributed by atoms with E-state index in [1.165, 1.54) is 12.3 Å². The molecule has 0 radical (unpaired) electrons. The monoisotopic (exact) mass is 361 g/mol. The van der Waals surface area contributed by atoms with Crippen molar-refractivity contribution in [3.63, 3.8) is 0 Å². The molecule has 1 aliphatic carbocycles. The second-order valence-corrected chi connectivity index (χ2v) is 5.76. The van der Waals surface area contributed by atoms with Crippen molar-refractivity contribution < 1.29 is 28.7 Å². The van der Waals surface area contributed by atoms with Crippen LogP contribution >= 0.6 is 0 Å². The Morgan fingerprint density at radius 3 is 2.08 bits per heavy atom. The molecule has 9 nitrogen and oxygen atoms in total. The van der Waals surface area contributed by atoms with Crippen LogP contribution in [0.5, 0.6) is 0 Å². The smallest absolute Gasteiger partial charge is 0.373 e. The Morgan fingerprint density at radius 2 is 1.54 bits per heavy atom. The highest BCUT2D eigenvalue weighted by Crippen LogP contribution is 2.35. The zero-order valence-corrected chi connectivity index (χ0v) is 14.0. The van der Waals surface area contributed by atoms with Crippen molar-refractivity contribution in [3.8, 4) is 0 Å². The predicted molar refractivity (Wildman–Crippen MR) is 89.1 cm³/mol. The number of nitrogens with zero attached hydrogens (tertiary/aromatic N) is 1. The zero-order chi connectivity index (χ0) is 19.1. The molecule has 9 heteroatoms. The van der Waals surface area contributed by atoms with Crippen LogP contribution in [0.15, 0.2) is 30.0 Å². The molecular weight excluding hydrogens is 342 g/mol. The lowest BCUT2D eigenvalue weighted by atomic mass is 9.81. The molecule has 0 aliphatic heterocycles. The van der Waals surface area contributed by atoms with Crippen molar-refractivity contribution in [2.24, 2.45) is 17.4 Å². The quantitative estimate of drug-likeness (QED) is 0.470. The van der Waals surface area contributed by atoms with Gasteiger partial charge in [0.1, 0.15) is 0 Å². The lowest BCUT2D eigenvalue weighted by Gasteiger charge is -2.24. The summed E-state index contributed by atoms with van der Waals surface area (Å²) in [6.45, 7) is 0. The molecule has 0 atom stereocenters. The Labute approximate surface area is 149 Å². The number of pyridine rings is 1. The fourth-order valence-corrected chi connectivity index (χ4v) is 3.02. The van der Waals surface area contributed by atoms with Gasteiger partial charge in [0.2, 0.25) is 0 Å². The lowest BCUT2D eigenvalue weighted by molar-refractivity contribution is -0.135. The van der Waals surface area contributed by atoms with Crippen LogP contribution in [-0.4, -0.2) is 29.1 Å². The molecule has 0 spiro atoms. The Hall–Kier alpha value is -3.23. The summed E-state index contributed by atoms with van der Waals surface area (Å²) in [5.41, 5.74) is 9.62. The molecule has 1 heterocycles. The first-order valence-corrected chi connectivity index (χ1v) is 8.09. The topological polar surface area (TPSA) is 152 Å². The van der Waals surface area contributed by atoms with E-state index >= 15 is 0 Å². The van der Waals surface area contributed by atoms with Crippen LogP contribution < -0.4 is 11.5 Å². The summed E-state index contributed by atoms with van der Waals surface area (Å²) in [5.74, 6) is -2.57. The summed E-state index contributed by atoms with van der Waals surface area (Å²) >= 11 is 0. The van der Waals surface area contributed by atoms with E-state index in [4.69, 9.17) is 11.5 Å². The number of primary amides is 2. The number of aromatic nitrogens is 1. The predicted octanol–water partition coefficient (Wildman–Crippen LogP) is 1.66. The van der Waals surface area contributed by atoms with E-state index in [1.807, 2.05) is 0 Å². The van der Waals surface area contributed by atoms with Crippen LogP contribution in [0.4, 0.5) is 9.59 Å². The Balaban J connectivity index is 2.62. The van der Waals surface area contributed by atoms with Crippen molar-refractivity contribution in [3.05, 3.63) is 35.7 Å². The SMILES string of the molecule is NC(=O)OC(=O)/C(=C(\C(=O)OC(N)=O)C1CCCCC1)c1ccccn1. The van der Waals surface area contributed by atoms with E-state index in [-0.39, 0.29) is 22.8 Å². The van der Waals surface area contributed by atoms with E-state index < -0.39 is 24.1 Å². The molecule has 0 aromatic carbocycles. The molecule has 1 saturated carbocycles. The van der Waals surface area contributed by atoms with Crippen molar-refractivity contribution in [2.45, 2.75) is 32.1 Å². The van der Waals surface area contributed by atoms with E-state index in [9.17, 15) is 19.2 Å². The van der Waals surface area contributed by atoms with Crippen molar-refractivity contribution >= 4 is 29.7 Å². The Kier molecular flexibility index (Phi) is 6.42. The van der Waals surface area contributed by atoms with Gasteiger partial charge in [-0.25, -0.2) is 19.2 Å². The third kappa shape index (κ3) is 4.88. The van der Waals surface area contributed by atoms with Gasteiger partial charge in [-0.15, -0.1) is 0 Å². The van der Waals surface area contributed by atoms with Crippen LogP contribution in [0.1, 0.15) is 37.8 Å². The number of nitrogens with two attached hydrogens (primary N) is 2. The number of carbonyl (C=O) groups is 4. The fraction of sp³-hybridized carbons (Fsp3) is 0.353. The van der Waals surface area contributed by atoms with Gasteiger partial charge in [0.15, 0.2) is 0 Å². The second-order valence-electron chi connectivity index (χ2n) is 5.76. The van der Waals surface area contributed by atoms with E-state index in [2.05, 4.69) is 14.5 Å². The molecular formula is C17H19N3O6. The minimum atomic E-state index is -1.32. The number of carbonyl (C=O) groups excluding carboxylic acids is 4. The van der Waals surface area contributed by atoms with Gasteiger partial charge in [-0.3, -0.25) is 4.98 Å². The van der Waals surface area contributed by atoms with E-state index in [0.29, 0.717) is 12.8 Å². The van der Waals surface area contributed by atoms with Gasteiger partial charge in [0.25, 0.3) is 0 Å². The van der Waals surface area contributed by atoms with Crippen LogP contribution in [0.3, 0.4) is 0 Å². The summed E-state index contributed by atoms with van der Waals surface area (Å²) < 4.78 is 8.99. The summed E-state index contributed by atoms with van der Waals surface area (Å²) in [6, 6.07) is 4.68. The largest absolute Gasteiger partial charge is 0.412 e. The minimum absolute atomic E-state index is 0.0894. The number of ether oxygens (including phenoxy) is 2. The zero-order valence-electron chi connectivity index (χ0n) is 14.0. The standard InChI is InChI=1S/C17H19N3O6/c18-16(23)25-14(21)12(10-6-2-1-3-7-10)13(15(22)26-17(19)24)11-8-4-5-9-20-11/h4-5,8-10H,1-3,6-7H2,(H2,18,23)(H2,19,24)/b13-12-. The van der Waals surface area contributed by atoms with Crippen molar-refractivity contribution in [1.29, 1.82) is 0 Å². The van der Waals surface area contributed by atoms with Gasteiger partial charge < -0.3 is 20.9 Å². The molecule has 1 fully saturated rings. The van der Waals surface area contributed by atoms with Gasteiger partial charge in [0.05, 0.1) is 16.8 Å². The maximum atomic E-state index is 12.5. The molecule has 0 saturated heterocycles. The average molecular weight is 361 g/mol. The molecule has 0 bridgehead atoms. The molecule has 2 rings (SSSR count). The number of rotatable bonds is 4. The highest BCUT2D eigenvalue weighted by Gasteiger charge is 2.34. The third-order valence-electron chi connectivity index (χ3n) is 4.01. The Bertz CT molecular complexity index is 738. The normalized spacial score (nSPS) is 15.5. The first kappa shape index (κ1) is 19.1. The van der Waals surface area contributed by atoms with E-state index in [1.54, 1.807) is 12.1 Å². The molecule has 1 aromatic heterocycles. The third-order valence-corrected chi connectivity index (χ3v) is 4.01. The van der Waals surface area contributed by atoms with Crippen molar-refractivity contribution in [2.75, 3.05) is 0 Å². The van der Waals surface area contributed by atoms with Gasteiger partial charge >= 0.3 is 24.1 Å². The van der Waals surface area contributed by atoms with Crippen LogP contribution in [0, 0.1) is 5.92 Å². The number of amides is 2. The first-order valence-electron chi connectivity index (χ1n) is 8.09. The highest BCUT2D eigenvalue weighted by molar-refractivity contribution is 6.24. The summed E-state index contributed by atoms with van der Waals surface area (Å²) in [6.07, 6.45) is 2.63. The highest BCUT2D eigenvalue weighted by atomic mass is 16.6. The number of hydrogen-bond acceptors (Lipinski definition) is 7. The maximum absolute atomic E-state index is 12.5. The molecule has 1 aromatic rings. The molecule has 0 unspecified atom stereocenters. The number of hydrogen-bond donors (Lipinski definition) is 2. The average Bonchev–Trinajstić information content (AvgIpc) is 2.59. The van der Waals surface area contributed by atoms with Gasteiger partial charge in [-0.1, -0.05) is 25.3 Å². The van der Waals surface area contributed by atoms with E-state index in [0.717, 1.165) is 19.3 Å².